The summed E-state index contributed by atoms with van der Waals surface area (Å²) in [7, 11) is -2.73. The Morgan fingerprint density at radius 2 is 1.60 bits per heavy atom. The summed E-state index contributed by atoms with van der Waals surface area (Å²) in [6.45, 7) is 8.96. The van der Waals surface area contributed by atoms with Crippen molar-refractivity contribution in [3.05, 3.63) is 89.5 Å². The maximum Gasteiger partial charge on any atom is 0.264 e. The van der Waals surface area contributed by atoms with Gasteiger partial charge in [-0.3, -0.25) is 13.9 Å². The molecule has 3 rings (SSSR count). The zero-order chi connectivity index (χ0) is 29.4. The molecule has 214 valence electrons. The van der Waals surface area contributed by atoms with E-state index in [4.69, 9.17) is 4.74 Å². The summed E-state index contributed by atoms with van der Waals surface area (Å²) in [6, 6.07) is 19.9. The van der Waals surface area contributed by atoms with Gasteiger partial charge in [0.1, 0.15) is 18.3 Å². The molecule has 0 radical (unpaired) electrons. The van der Waals surface area contributed by atoms with E-state index in [-0.39, 0.29) is 29.1 Å². The van der Waals surface area contributed by atoms with Gasteiger partial charge in [0.25, 0.3) is 10.0 Å². The molecule has 40 heavy (non-hydrogen) atoms. The van der Waals surface area contributed by atoms with E-state index in [1.807, 2.05) is 52.0 Å². The Kier molecular flexibility index (Phi) is 10.3. The Hall–Kier alpha value is -3.85. The first-order valence-corrected chi connectivity index (χ1v) is 14.8. The Labute approximate surface area is 238 Å². The lowest BCUT2D eigenvalue weighted by Crippen LogP contribution is -2.52. The van der Waals surface area contributed by atoms with Crippen LogP contribution in [0.5, 0.6) is 5.75 Å². The molecule has 0 bridgehead atoms. The zero-order valence-electron chi connectivity index (χ0n) is 24.0. The fourth-order valence-electron chi connectivity index (χ4n) is 4.24. The number of ether oxygens (including phenoxy) is 1. The van der Waals surface area contributed by atoms with Gasteiger partial charge in [-0.1, -0.05) is 66.6 Å². The van der Waals surface area contributed by atoms with Crippen LogP contribution in [0.2, 0.25) is 0 Å². The van der Waals surface area contributed by atoms with Gasteiger partial charge in [-0.25, -0.2) is 8.42 Å². The van der Waals surface area contributed by atoms with Crippen molar-refractivity contribution in [1.29, 1.82) is 0 Å². The van der Waals surface area contributed by atoms with E-state index in [0.717, 1.165) is 27.4 Å². The molecule has 0 spiro atoms. The fourth-order valence-corrected chi connectivity index (χ4v) is 5.67. The lowest BCUT2D eigenvalue weighted by molar-refractivity contribution is -0.139. The number of para-hydroxylation sites is 2. The highest BCUT2D eigenvalue weighted by Crippen LogP contribution is 2.32. The number of carbonyl (C=O) groups is 2. The quantitative estimate of drug-likeness (QED) is 0.339. The number of rotatable bonds is 12. The predicted molar refractivity (Wildman–Crippen MR) is 158 cm³/mol. The van der Waals surface area contributed by atoms with Crippen LogP contribution in [0.4, 0.5) is 5.69 Å². The third kappa shape index (κ3) is 7.41. The minimum atomic E-state index is -4.18. The van der Waals surface area contributed by atoms with Crippen LogP contribution in [-0.4, -0.2) is 50.9 Å². The highest BCUT2D eigenvalue weighted by Gasteiger charge is 2.34. The van der Waals surface area contributed by atoms with Crippen molar-refractivity contribution in [1.82, 2.24) is 10.2 Å². The number of hydrogen-bond acceptors (Lipinski definition) is 5. The van der Waals surface area contributed by atoms with Gasteiger partial charge < -0.3 is 15.0 Å². The number of nitrogens with one attached hydrogen (secondary N) is 1. The first-order valence-electron chi connectivity index (χ1n) is 13.4. The Bertz CT molecular complexity index is 1420. The molecule has 0 saturated carbocycles. The molecule has 2 amide bonds. The summed E-state index contributed by atoms with van der Waals surface area (Å²) in [5, 5.41) is 2.94. The number of benzene rings is 3. The van der Waals surface area contributed by atoms with Gasteiger partial charge in [-0.2, -0.15) is 0 Å². The smallest absolute Gasteiger partial charge is 0.264 e. The van der Waals surface area contributed by atoms with Crippen LogP contribution >= 0.6 is 0 Å². The van der Waals surface area contributed by atoms with E-state index in [1.165, 1.54) is 24.1 Å². The second kappa shape index (κ2) is 13.5. The topological polar surface area (TPSA) is 96.0 Å². The van der Waals surface area contributed by atoms with Gasteiger partial charge in [0.2, 0.25) is 11.8 Å². The Balaban J connectivity index is 2.06. The second-order valence-electron chi connectivity index (χ2n) is 10.0. The van der Waals surface area contributed by atoms with E-state index >= 15 is 0 Å². The van der Waals surface area contributed by atoms with Crippen LogP contribution in [0.15, 0.2) is 77.7 Å². The molecule has 3 aromatic carbocycles. The zero-order valence-corrected chi connectivity index (χ0v) is 24.9. The van der Waals surface area contributed by atoms with Crippen molar-refractivity contribution in [3.63, 3.8) is 0 Å². The number of nitrogens with zero attached hydrogens (tertiary/aromatic N) is 2. The lowest BCUT2D eigenvalue weighted by Gasteiger charge is -2.33. The maximum atomic E-state index is 14.0. The minimum absolute atomic E-state index is 0.0459. The van der Waals surface area contributed by atoms with Crippen LogP contribution in [0.25, 0.3) is 0 Å². The molecular formula is C31H39N3O5S. The number of hydrogen-bond donors (Lipinski definition) is 1. The van der Waals surface area contributed by atoms with E-state index in [1.54, 1.807) is 43.3 Å². The molecule has 0 fully saturated rings. The van der Waals surface area contributed by atoms with Gasteiger partial charge in [0.15, 0.2) is 0 Å². The number of aryl methyl sites for hydroxylation is 2. The summed E-state index contributed by atoms with van der Waals surface area (Å²) >= 11 is 0. The molecule has 0 unspecified atom stereocenters. The molecule has 0 saturated heterocycles. The third-order valence-corrected chi connectivity index (χ3v) is 8.62. The number of carbonyl (C=O) groups excluding carboxylic acids is 2. The Morgan fingerprint density at radius 1 is 0.925 bits per heavy atom. The van der Waals surface area contributed by atoms with Crippen LogP contribution in [-0.2, 0) is 26.2 Å². The largest absolute Gasteiger partial charge is 0.495 e. The van der Waals surface area contributed by atoms with Crippen molar-refractivity contribution in [3.8, 4) is 5.75 Å². The number of anilines is 1. The van der Waals surface area contributed by atoms with Crippen LogP contribution < -0.4 is 14.4 Å². The van der Waals surface area contributed by atoms with Crippen molar-refractivity contribution < 1.29 is 22.7 Å². The monoisotopic (exact) mass is 565 g/mol. The average molecular weight is 566 g/mol. The lowest BCUT2D eigenvalue weighted by atomic mass is 10.1. The highest BCUT2D eigenvalue weighted by molar-refractivity contribution is 7.92. The molecule has 0 aromatic heterocycles. The molecule has 0 aliphatic carbocycles. The van der Waals surface area contributed by atoms with Crippen LogP contribution in [0.1, 0.15) is 43.9 Å². The summed E-state index contributed by atoms with van der Waals surface area (Å²) in [5.74, 6) is -0.519. The highest BCUT2D eigenvalue weighted by atomic mass is 32.2. The SMILES string of the molecule is CC[C@@H](C)NC(=O)[C@H](C)N(Cc1cccc(C)c1)C(=O)CN(c1ccccc1OC)S(=O)(=O)c1ccc(C)cc1. The van der Waals surface area contributed by atoms with Gasteiger partial charge >= 0.3 is 0 Å². The van der Waals surface area contributed by atoms with Crippen LogP contribution in [0.3, 0.4) is 0 Å². The van der Waals surface area contributed by atoms with Crippen molar-refractivity contribution in [2.24, 2.45) is 0 Å². The number of amides is 2. The molecule has 0 heterocycles. The van der Waals surface area contributed by atoms with Crippen molar-refractivity contribution in [2.75, 3.05) is 18.0 Å². The average Bonchev–Trinajstić information content (AvgIpc) is 2.94. The number of sulfonamides is 1. The predicted octanol–water partition coefficient (Wildman–Crippen LogP) is 4.84. The molecule has 8 nitrogen and oxygen atoms in total. The van der Waals surface area contributed by atoms with Gasteiger partial charge in [-0.05, 0) is 63.9 Å². The van der Waals surface area contributed by atoms with Crippen molar-refractivity contribution in [2.45, 2.75) is 64.6 Å². The molecule has 0 aliphatic heterocycles. The first-order chi connectivity index (χ1) is 19.0. The standard InChI is InChI=1S/C31H39N3O5S/c1-7-24(4)32-31(36)25(5)33(20-26-12-10-11-23(3)19-26)30(35)21-34(28-13-8-9-14-29(28)39-6)40(37,38)27-17-15-22(2)16-18-27/h8-19,24-25H,7,20-21H2,1-6H3,(H,32,36)/t24-,25+/m1/s1. The van der Waals surface area contributed by atoms with Crippen LogP contribution in [0, 0.1) is 13.8 Å². The minimum Gasteiger partial charge on any atom is -0.495 e. The molecule has 2 atom stereocenters. The second-order valence-corrected chi connectivity index (χ2v) is 11.9. The van der Waals surface area contributed by atoms with Gasteiger partial charge in [0.05, 0.1) is 17.7 Å². The van der Waals surface area contributed by atoms with Crippen molar-refractivity contribution >= 4 is 27.5 Å². The van der Waals surface area contributed by atoms with Gasteiger partial charge in [0, 0.05) is 12.6 Å². The van der Waals surface area contributed by atoms with E-state index in [2.05, 4.69) is 5.32 Å². The molecule has 1 N–H and O–H groups in total. The van der Waals surface area contributed by atoms with E-state index in [9.17, 15) is 18.0 Å². The molecule has 3 aromatic rings. The molecule has 9 heteroatoms. The summed E-state index contributed by atoms with van der Waals surface area (Å²) < 4.78 is 34.5. The normalized spacial score (nSPS) is 12.8. The fraction of sp³-hybridized carbons (Fsp3) is 0.355. The summed E-state index contributed by atoms with van der Waals surface area (Å²) in [5.41, 5.74) is 2.98. The van der Waals surface area contributed by atoms with E-state index in [0.29, 0.717) is 5.75 Å². The molecular weight excluding hydrogens is 526 g/mol. The Morgan fingerprint density at radius 3 is 2.23 bits per heavy atom. The summed E-state index contributed by atoms with van der Waals surface area (Å²) in [4.78, 5) is 28.7. The maximum absolute atomic E-state index is 14.0. The number of methoxy groups -OCH3 is 1. The summed E-state index contributed by atoms with van der Waals surface area (Å²) in [6.07, 6.45) is 0.737. The first kappa shape index (κ1) is 30.7. The third-order valence-electron chi connectivity index (χ3n) is 6.85. The van der Waals surface area contributed by atoms with E-state index < -0.39 is 28.5 Å². The van der Waals surface area contributed by atoms with Gasteiger partial charge in [-0.15, -0.1) is 0 Å². The molecule has 0 aliphatic rings.